The predicted octanol–water partition coefficient (Wildman–Crippen LogP) is 0.959. The average Bonchev–Trinajstić information content (AvgIpc) is 2.50. The normalized spacial score (nSPS) is 13.2. The van der Waals surface area contributed by atoms with Crippen molar-refractivity contribution >= 4 is 32.5 Å². The number of nitrogens with one attached hydrogen (secondary N) is 1. The number of benzene rings is 2. The molecule has 0 aliphatic rings. The first kappa shape index (κ1) is 18.2. The van der Waals surface area contributed by atoms with Crippen LogP contribution < -0.4 is 14.7 Å². The Hall–Kier alpha value is -2.12. The van der Waals surface area contributed by atoms with Gasteiger partial charge in [0.25, 0.3) is 0 Å². The maximum Gasteiger partial charge on any atom is 0.241 e. The van der Waals surface area contributed by atoms with E-state index >= 15 is 0 Å². The molecule has 0 heterocycles. The SMILES string of the molecule is CC(C)C(NS(=O)(=O)c1cccc2c(N(C)C)cccc12)C(=O)[O-]. The number of carboxylic acids is 1. The summed E-state index contributed by atoms with van der Waals surface area (Å²) < 4.78 is 27.7. The molecule has 0 saturated carbocycles. The molecular weight excluding hydrogens is 328 g/mol. The summed E-state index contributed by atoms with van der Waals surface area (Å²) in [6.07, 6.45) is 0. The molecular formula is C17H21N2O4S-. The second kappa shape index (κ2) is 6.78. The Morgan fingerprint density at radius 1 is 1.08 bits per heavy atom. The standard InChI is InChI=1S/C17H22N2O4S/c1-11(2)16(17(20)21)18-24(22,23)15-10-6-7-12-13(15)8-5-9-14(12)19(3)4/h5-11,16,18H,1-4H3,(H,20,21)/p-1. The van der Waals surface area contributed by atoms with Crippen molar-refractivity contribution in [2.24, 2.45) is 5.92 Å². The summed E-state index contributed by atoms with van der Waals surface area (Å²) in [6, 6.07) is 9.04. The molecule has 0 saturated heterocycles. The van der Waals surface area contributed by atoms with Crippen LogP contribution in [0, 0.1) is 5.92 Å². The number of carbonyl (C=O) groups excluding carboxylic acids is 1. The number of carboxylic acid groups (broad SMARTS) is 1. The number of nitrogens with zero attached hydrogens (tertiary/aromatic N) is 1. The van der Waals surface area contributed by atoms with Gasteiger partial charge in [-0.1, -0.05) is 38.1 Å². The Bertz CT molecular complexity index is 860. The summed E-state index contributed by atoms with van der Waals surface area (Å²) >= 11 is 0. The number of rotatable bonds is 6. The lowest BCUT2D eigenvalue weighted by Crippen LogP contribution is -2.50. The van der Waals surface area contributed by atoms with Gasteiger partial charge in [-0.3, -0.25) is 0 Å². The summed E-state index contributed by atoms with van der Waals surface area (Å²) in [4.78, 5) is 13.2. The molecule has 0 aliphatic carbocycles. The third kappa shape index (κ3) is 3.52. The van der Waals surface area contributed by atoms with Crippen LogP contribution in [0.5, 0.6) is 0 Å². The lowest BCUT2D eigenvalue weighted by atomic mass is 10.1. The minimum atomic E-state index is -4.01. The average molecular weight is 349 g/mol. The van der Waals surface area contributed by atoms with Crippen molar-refractivity contribution in [3.8, 4) is 0 Å². The minimum Gasteiger partial charge on any atom is -0.548 e. The first-order valence-electron chi connectivity index (χ1n) is 7.57. The highest BCUT2D eigenvalue weighted by Gasteiger charge is 2.25. The van der Waals surface area contributed by atoms with Gasteiger partial charge in [-0.15, -0.1) is 0 Å². The van der Waals surface area contributed by atoms with Gasteiger partial charge in [0.2, 0.25) is 10.0 Å². The number of anilines is 1. The second-order valence-electron chi connectivity index (χ2n) is 6.18. The topological polar surface area (TPSA) is 89.5 Å². The summed E-state index contributed by atoms with van der Waals surface area (Å²) in [5.74, 6) is -1.88. The molecule has 24 heavy (non-hydrogen) atoms. The van der Waals surface area contributed by atoms with Gasteiger partial charge in [-0.05, 0) is 18.1 Å². The maximum absolute atomic E-state index is 12.7. The van der Waals surface area contributed by atoms with Gasteiger partial charge in [0.15, 0.2) is 0 Å². The van der Waals surface area contributed by atoms with E-state index in [-0.39, 0.29) is 4.90 Å². The van der Waals surface area contributed by atoms with Crippen LogP contribution in [0.25, 0.3) is 10.8 Å². The Morgan fingerprint density at radius 2 is 1.67 bits per heavy atom. The van der Waals surface area contributed by atoms with Crippen LogP contribution in [0.1, 0.15) is 13.8 Å². The molecule has 0 radical (unpaired) electrons. The third-order valence-corrected chi connectivity index (χ3v) is 5.33. The summed E-state index contributed by atoms with van der Waals surface area (Å²) in [5, 5.41) is 12.5. The van der Waals surface area contributed by atoms with Gasteiger partial charge in [0.05, 0.1) is 16.9 Å². The molecule has 0 aliphatic heterocycles. The Morgan fingerprint density at radius 3 is 2.21 bits per heavy atom. The first-order chi connectivity index (χ1) is 11.1. The molecule has 0 bridgehead atoms. The van der Waals surface area contributed by atoms with E-state index in [1.807, 2.05) is 31.1 Å². The molecule has 1 N–H and O–H groups in total. The van der Waals surface area contributed by atoms with Crippen molar-refractivity contribution in [2.75, 3.05) is 19.0 Å². The fourth-order valence-corrected chi connectivity index (χ4v) is 4.13. The number of sulfonamides is 1. The van der Waals surface area contributed by atoms with E-state index < -0.39 is 28.0 Å². The molecule has 0 amide bonds. The maximum atomic E-state index is 12.7. The quantitative estimate of drug-likeness (QED) is 0.839. The lowest BCUT2D eigenvalue weighted by Gasteiger charge is -2.23. The van der Waals surface area contributed by atoms with Gasteiger partial charge in [-0.25, -0.2) is 13.1 Å². The highest BCUT2D eigenvalue weighted by atomic mass is 32.2. The van der Waals surface area contributed by atoms with Gasteiger partial charge < -0.3 is 14.8 Å². The van der Waals surface area contributed by atoms with E-state index in [1.54, 1.807) is 32.0 Å². The second-order valence-corrected chi connectivity index (χ2v) is 7.87. The van der Waals surface area contributed by atoms with Crippen LogP contribution in [0.2, 0.25) is 0 Å². The molecule has 6 nitrogen and oxygen atoms in total. The fourth-order valence-electron chi connectivity index (χ4n) is 2.58. The minimum absolute atomic E-state index is 0.0515. The largest absolute Gasteiger partial charge is 0.548 e. The van der Waals surface area contributed by atoms with Crippen LogP contribution in [0.3, 0.4) is 0 Å². The molecule has 2 aromatic rings. The predicted molar refractivity (Wildman–Crippen MR) is 92.2 cm³/mol. The number of hydrogen-bond acceptors (Lipinski definition) is 5. The number of fused-ring (bicyclic) bond motifs is 1. The van der Waals surface area contributed by atoms with Crippen LogP contribution in [0.15, 0.2) is 41.3 Å². The van der Waals surface area contributed by atoms with Gasteiger partial charge in [0, 0.05) is 30.6 Å². The van der Waals surface area contributed by atoms with E-state index in [9.17, 15) is 18.3 Å². The molecule has 0 spiro atoms. The zero-order valence-electron chi connectivity index (χ0n) is 14.1. The van der Waals surface area contributed by atoms with Crippen LogP contribution in [0.4, 0.5) is 5.69 Å². The van der Waals surface area contributed by atoms with Crippen molar-refractivity contribution in [1.29, 1.82) is 0 Å². The molecule has 0 aromatic heterocycles. The monoisotopic (exact) mass is 349 g/mol. The highest BCUT2D eigenvalue weighted by molar-refractivity contribution is 7.89. The van der Waals surface area contributed by atoms with Gasteiger partial charge in [-0.2, -0.15) is 0 Å². The highest BCUT2D eigenvalue weighted by Crippen LogP contribution is 2.30. The zero-order chi connectivity index (χ0) is 18.1. The summed E-state index contributed by atoms with van der Waals surface area (Å²) in [5.41, 5.74) is 0.880. The molecule has 1 unspecified atom stereocenters. The van der Waals surface area contributed by atoms with E-state index in [4.69, 9.17) is 0 Å². The van der Waals surface area contributed by atoms with Crippen molar-refractivity contribution in [2.45, 2.75) is 24.8 Å². The molecule has 1 atom stereocenters. The molecule has 2 aromatic carbocycles. The van der Waals surface area contributed by atoms with Gasteiger partial charge in [0.1, 0.15) is 0 Å². The van der Waals surface area contributed by atoms with E-state index in [1.165, 1.54) is 6.07 Å². The molecule has 130 valence electrons. The number of carbonyl (C=O) groups is 1. The number of aliphatic carboxylic acids is 1. The van der Waals surface area contributed by atoms with Crippen molar-refractivity contribution in [3.05, 3.63) is 36.4 Å². The van der Waals surface area contributed by atoms with E-state index in [0.717, 1.165) is 11.1 Å². The number of hydrogen-bond donors (Lipinski definition) is 1. The van der Waals surface area contributed by atoms with E-state index in [2.05, 4.69) is 4.72 Å². The summed E-state index contributed by atoms with van der Waals surface area (Å²) in [7, 11) is -0.260. The van der Waals surface area contributed by atoms with Crippen molar-refractivity contribution in [3.63, 3.8) is 0 Å². The van der Waals surface area contributed by atoms with Crippen LogP contribution in [-0.2, 0) is 14.8 Å². The van der Waals surface area contributed by atoms with Crippen LogP contribution in [-0.4, -0.2) is 34.5 Å². The Balaban J connectivity index is 2.59. The Labute approximate surface area is 142 Å². The smallest absolute Gasteiger partial charge is 0.241 e. The van der Waals surface area contributed by atoms with Crippen molar-refractivity contribution < 1.29 is 18.3 Å². The van der Waals surface area contributed by atoms with E-state index in [0.29, 0.717) is 5.39 Å². The van der Waals surface area contributed by atoms with Crippen LogP contribution >= 0.6 is 0 Å². The zero-order valence-corrected chi connectivity index (χ0v) is 14.9. The molecule has 0 fully saturated rings. The van der Waals surface area contributed by atoms with Gasteiger partial charge >= 0.3 is 0 Å². The molecule has 7 heteroatoms. The third-order valence-electron chi connectivity index (χ3n) is 3.83. The van der Waals surface area contributed by atoms with Crippen molar-refractivity contribution in [1.82, 2.24) is 4.72 Å². The lowest BCUT2D eigenvalue weighted by molar-refractivity contribution is -0.309. The fraction of sp³-hybridized carbons (Fsp3) is 0.353. The molecule has 2 rings (SSSR count). The Kier molecular flexibility index (Phi) is 5.15. The first-order valence-corrected chi connectivity index (χ1v) is 9.05. The summed E-state index contributed by atoms with van der Waals surface area (Å²) in [6.45, 7) is 3.24.